The summed E-state index contributed by atoms with van der Waals surface area (Å²) in [5.41, 5.74) is -1.52. The van der Waals surface area contributed by atoms with Crippen LogP contribution in [0, 0.1) is 5.13 Å². The fraction of sp³-hybridized carbons (Fsp3) is 0. The van der Waals surface area contributed by atoms with Crippen molar-refractivity contribution in [1.29, 1.82) is 0 Å². The average molecular weight is 261 g/mol. The van der Waals surface area contributed by atoms with Crippen LogP contribution in [0.3, 0.4) is 0 Å². The van der Waals surface area contributed by atoms with Gasteiger partial charge in [0.05, 0.1) is 0 Å². The molecule has 10 heteroatoms. The Labute approximate surface area is 96.7 Å². The van der Waals surface area contributed by atoms with Gasteiger partial charge in [0.2, 0.25) is 17.3 Å². The highest BCUT2D eigenvalue weighted by molar-refractivity contribution is 7.14. The maximum absolute atomic E-state index is 13.3. The number of anilines is 1. The first kappa shape index (κ1) is 12.7. The summed E-state index contributed by atoms with van der Waals surface area (Å²) in [5, 5.41) is 12.5. The van der Waals surface area contributed by atoms with E-state index in [1.807, 2.05) is 5.32 Å². The van der Waals surface area contributed by atoms with Crippen molar-refractivity contribution in [2.75, 3.05) is 5.32 Å². The molecule has 0 aliphatic rings. The van der Waals surface area contributed by atoms with Gasteiger partial charge in [0.1, 0.15) is 5.69 Å². The van der Waals surface area contributed by atoms with E-state index in [-0.39, 0.29) is 18.0 Å². The number of hydrogen-bond donors (Lipinski definition) is 2. The van der Waals surface area contributed by atoms with Crippen LogP contribution in [0.15, 0.2) is 5.16 Å². The first-order chi connectivity index (χ1) is 8.10. The minimum absolute atomic E-state index is 0.127. The topological polar surface area (TPSA) is 118 Å². The number of aromatic nitrogens is 1. The Bertz CT molecular complexity index is 486. The van der Waals surface area contributed by atoms with Gasteiger partial charge < -0.3 is 15.3 Å². The molecule has 1 aromatic heterocycles. The van der Waals surface area contributed by atoms with Gasteiger partial charge in [-0.2, -0.15) is 4.39 Å². The summed E-state index contributed by atoms with van der Waals surface area (Å²) in [6, 6.07) is 0. The molecular formula is C7H4FN3O5S. The zero-order chi connectivity index (χ0) is 12.8. The fourth-order valence-corrected chi connectivity index (χ4v) is 1.47. The number of thiazole rings is 1. The first-order valence-electron chi connectivity index (χ1n) is 3.87. The minimum atomic E-state index is -1.63. The molecule has 8 nitrogen and oxygen atoms in total. The molecule has 0 radical (unpaired) electrons. The van der Waals surface area contributed by atoms with Crippen molar-refractivity contribution in [2.24, 2.45) is 5.16 Å². The second-order valence-electron chi connectivity index (χ2n) is 2.35. The molecule has 0 bridgehead atoms. The number of carbonyl (C=O) groups excluding carboxylic acids is 2. The van der Waals surface area contributed by atoms with E-state index in [2.05, 4.69) is 15.0 Å². The Kier molecular flexibility index (Phi) is 4.22. The molecule has 1 amide bonds. The standard InChI is InChI=1S/C7H4FN3O5S/c8-5-3(10-7(17-5)9-1-12)4(6(14)15)11-16-2-13/h1-2H,(H,14,15)(H,9,10,12). The van der Waals surface area contributed by atoms with Gasteiger partial charge in [-0.3, -0.25) is 9.59 Å². The van der Waals surface area contributed by atoms with Crippen LogP contribution in [0.4, 0.5) is 9.52 Å². The summed E-state index contributed by atoms with van der Waals surface area (Å²) in [6.07, 6.45) is 0.252. The van der Waals surface area contributed by atoms with Crippen molar-refractivity contribution < 1.29 is 28.7 Å². The predicted molar refractivity (Wildman–Crippen MR) is 53.1 cm³/mol. The third-order valence-electron chi connectivity index (χ3n) is 1.38. The number of hydrogen-bond acceptors (Lipinski definition) is 7. The molecule has 0 aliphatic heterocycles. The van der Waals surface area contributed by atoms with Crippen LogP contribution >= 0.6 is 11.3 Å². The highest BCUT2D eigenvalue weighted by Crippen LogP contribution is 2.21. The molecule has 0 unspecified atom stereocenters. The monoisotopic (exact) mass is 261 g/mol. The number of aliphatic carboxylic acids is 1. The SMILES string of the molecule is O=CNc1nc(C(=NOC=O)C(=O)O)c(F)s1. The van der Waals surface area contributed by atoms with Crippen molar-refractivity contribution in [3.05, 3.63) is 10.8 Å². The number of halogens is 1. The van der Waals surface area contributed by atoms with Crippen LogP contribution in [0.2, 0.25) is 0 Å². The second-order valence-corrected chi connectivity index (χ2v) is 3.30. The Morgan fingerprint density at radius 1 is 1.59 bits per heavy atom. The molecule has 0 spiro atoms. The van der Waals surface area contributed by atoms with Gasteiger partial charge >= 0.3 is 12.4 Å². The van der Waals surface area contributed by atoms with Crippen LogP contribution in [-0.2, 0) is 19.2 Å². The smallest absolute Gasteiger partial charge is 0.360 e. The maximum atomic E-state index is 13.3. The lowest BCUT2D eigenvalue weighted by atomic mass is 10.3. The molecule has 0 atom stereocenters. The second kappa shape index (κ2) is 5.65. The molecule has 2 N–H and O–H groups in total. The molecular weight excluding hydrogens is 257 g/mol. The molecule has 1 rings (SSSR count). The molecule has 0 saturated carbocycles. The molecule has 1 heterocycles. The Morgan fingerprint density at radius 2 is 2.29 bits per heavy atom. The quantitative estimate of drug-likeness (QED) is 0.317. The van der Waals surface area contributed by atoms with E-state index in [9.17, 15) is 18.8 Å². The third-order valence-corrected chi connectivity index (χ3v) is 2.16. The van der Waals surface area contributed by atoms with Crippen molar-refractivity contribution in [3.8, 4) is 0 Å². The van der Waals surface area contributed by atoms with Crippen molar-refractivity contribution in [2.45, 2.75) is 0 Å². The highest BCUT2D eigenvalue weighted by atomic mass is 32.1. The van der Waals surface area contributed by atoms with E-state index in [0.717, 1.165) is 0 Å². The number of rotatable bonds is 6. The summed E-state index contributed by atoms with van der Waals surface area (Å²) in [7, 11) is 0. The van der Waals surface area contributed by atoms with Gasteiger partial charge in [0.15, 0.2) is 5.13 Å². The third kappa shape index (κ3) is 3.04. The Morgan fingerprint density at radius 3 is 2.82 bits per heavy atom. The van der Waals surface area contributed by atoms with Crippen molar-refractivity contribution in [3.63, 3.8) is 0 Å². The normalized spacial score (nSPS) is 10.8. The summed E-state index contributed by atoms with van der Waals surface area (Å²) in [6.45, 7) is -0.127. The highest BCUT2D eigenvalue weighted by Gasteiger charge is 2.23. The molecule has 0 aliphatic carbocycles. The number of nitrogens with zero attached hydrogens (tertiary/aromatic N) is 2. The molecule has 1 aromatic rings. The van der Waals surface area contributed by atoms with Crippen LogP contribution < -0.4 is 5.32 Å². The van der Waals surface area contributed by atoms with E-state index < -0.39 is 22.5 Å². The van der Waals surface area contributed by atoms with E-state index in [0.29, 0.717) is 11.3 Å². The van der Waals surface area contributed by atoms with Gasteiger partial charge in [-0.1, -0.05) is 16.5 Å². The largest absolute Gasteiger partial charge is 0.476 e. The molecule has 17 heavy (non-hydrogen) atoms. The number of nitrogens with one attached hydrogen (secondary N) is 1. The number of carboxylic acids is 1. The number of oxime groups is 1. The van der Waals surface area contributed by atoms with Gasteiger partial charge in [-0.05, 0) is 0 Å². The van der Waals surface area contributed by atoms with Crippen LogP contribution in [0.5, 0.6) is 0 Å². The van der Waals surface area contributed by atoms with Gasteiger partial charge in [0, 0.05) is 0 Å². The lowest BCUT2D eigenvalue weighted by molar-refractivity contribution is -0.130. The molecule has 0 aromatic carbocycles. The summed E-state index contributed by atoms with van der Waals surface area (Å²) in [5.74, 6) is -1.63. The Balaban J connectivity index is 3.14. The zero-order valence-electron chi connectivity index (χ0n) is 7.92. The van der Waals surface area contributed by atoms with Crippen LogP contribution in [-0.4, -0.2) is 34.7 Å². The van der Waals surface area contributed by atoms with E-state index in [1.54, 1.807) is 0 Å². The van der Waals surface area contributed by atoms with E-state index in [1.165, 1.54) is 0 Å². The van der Waals surface area contributed by atoms with Crippen LogP contribution in [0.1, 0.15) is 5.69 Å². The van der Waals surface area contributed by atoms with Crippen molar-refractivity contribution in [1.82, 2.24) is 4.98 Å². The van der Waals surface area contributed by atoms with Crippen molar-refractivity contribution >= 4 is 41.0 Å². The number of carbonyl (C=O) groups is 3. The predicted octanol–water partition coefficient (Wildman–Crippen LogP) is -0.188. The van der Waals surface area contributed by atoms with Gasteiger partial charge in [0.25, 0.3) is 0 Å². The lowest BCUT2D eigenvalue weighted by Gasteiger charge is -1.94. The maximum Gasteiger partial charge on any atom is 0.360 e. The number of amides is 1. The van der Waals surface area contributed by atoms with Gasteiger partial charge in [-0.15, -0.1) is 0 Å². The first-order valence-corrected chi connectivity index (χ1v) is 4.69. The summed E-state index contributed by atoms with van der Waals surface area (Å²) in [4.78, 5) is 38.0. The summed E-state index contributed by atoms with van der Waals surface area (Å²) < 4.78 is 13.3. The zero-order valence-corrected chi connectivity index (χ0v) is 8.73. The molecule has 0 fully saturated rings. The molecule has 90 valence electrons. The number of carboxylic acid groups (broad SMARTS) is 1. The minimum Gasteiger partial charge on any atom is -0.476 e. The van der Waals surface area contributed by atoms with E-state index >= 15 is 0 Å². The van der Waals surface area contributed by atoms with E-state index in [4.69, 9.17) is 5.11 Å². The van der Waals surface area contributed by atoms with Crippen LogP contribution in [0.25, 0.3) is 0 Å². The molecule has 0 saturated heterocycles. The van der Waals surface area contributed by atoms with Gasteiger partial charge in [-0.25, -0.2) is 9.78 Å². The lowest BCUT2D eigenvalue weighted by Crippen LogP contribution is -2.17. The average Bonchev–Trinajstić information content (AvgIpc) is 2.61. The summed E-state index contributed by atoms with van der Waals surface area (Å²) >= 11 is 0.410. The fourth-order valence-electron chi connectivity index (χ4n) is 0.818. The Hall–Kier alpha value is -2.36.